The van der Waals surface area contributed by atoms with Crippen molar-refractivity contribution in [2.75, 3.05) is 0 Å². The summed E-state index contributed by atoms with van der Waals surface area (Å²) in [5.74, 6) is 0. The van der Waals surface area contributed by atoms with Gasteiger partial charge in [-0.1, -0.05) is 90.1 Å². The van der Waals surface area contributed by atoms with Crippen molar-refractivity contribution < 1.29 is 10.2 Å². The second-order valence-corrected chi connectivity index (χ2v) is 9.01. The third-order valence-corrected chi connectivity index (χ3v) is 4.77. The van der Waals surface area contributed by atoms with Crippen LogP contribution in [-0.2, 0) is 10.8 Å². The van der Waals surface area contributed by atoms with Crippen molar-refractivity contribution in [2.45, 2.75) is 71.0 Å². The summed E-state index contributed by atoms with van der Waals surface area (Å²) in [7, 11) is 0. The Morgan fingerprint density at radius 2 is 0.880 bits per heavy atom. The molecule has 0 fully saturated rings. The number of aliphatic hydroxyl groups excluding tert-OH is 2. The van der Waals surface area contributed by atoms with Crippen molar-refractivity contribution in [3.8, 4) is 0 Å². The Labute approximate surface area is 152 Å². The fourth-order valence-electron chi connectivity index (χ4n) is 2.89. The largest absolute Gasteiger partial charge is 0.388 e. The lowest BCUT2D eigenvalue weighted by Crippen LogP contribution is -2.12. The highest BCUT2D eigenvalue weighted by molar-refractivity contribution is 5.30. The van der Waals surface area contributed by atoms with Crippen molar-refractivity contribution in [1.29, 1.82) is 0 Å². The SMILES string of the molecule is CC(C)(C)c1ccc([C@H](O)C[C@@H](O)c2ccc(C(C)(C)C)cc2)cc1. The van der Waals surface area contributed by atoms with E-state index >= 15 is 0 Å². The second-order valence-electron chi connectivity index (χ2n) is 9.01. The molecular weight excluding hydrogens is 308 g/mol. The van der Waals surface area contributed by atoms with Gasteiger partial charge in [0.1, 0.15) is 0 Å². The molecule has 0 aliphatic rings. The first-order valence-electron chi connectivity index (χ1n) is 9.05. The van der Waals surface area contributed by atoms with Crippen molar-refractivity contribution in [3.05, 3.63) is 70.8 Å². The lowest BCUT2D eigenvalue weighted by molar-refractivity contribution is 0.0804. The molecule has 25 heavy (non-hydrogen) atoms. The van der Waals surface area contributed by atoms with E-state index in [2.05, 4.69) is 65.8 Å². The summed E-state index contributed by atoms with van der Waals surface area (Å²) < 4.78 is 0. The third kappa shape index (κ3) is 5.17. The van der Waals surface area contributed by atoms with E-state index in [4.69, 9.17) is 0 Å². The minimum atomic E-state index is -0.675. The average molecular weight is 341 g/mol. The van der Waals surface area contributed by atoms with E-state index in [1.165, 1.54) is 11.1 Å². The van der Waals surface area contributed by atoms with Crippen LogP contribution in [0, 0.1) is 0 Å². The van der Waals surface area contributed by atoms with Crippen LogP contribution >= 0.6 is 0 Å². The molecule has 2 heteroatoms. The van der Waals surface area contributed by atoms with Crippen molar-refractivity contribution >= 4 is 0 Å². The molecule has 0 aliphatic heterocycles. The highest BCUT2D eigenvalue weighted by Gasteiger charge is 2.19. The van der Waals surface area contributed by atoms with Gasteiger partial charge in [-0.25, -0.2) is 0 Å². The van der Waals surface area contributed by atoms with Crippen LogP contribution in [-0.4, -0.2) is 10.2 Å². The summed E-state index contributed by atoms with van der Waals surface area (Å²) in [6.45, 7) is 13.0. The van der Waals surface area contributed by atoms with Crippen LogP contribution in [0.2, 0.25) is 0 Å². The average Bonchev–Trinajstić information content (AvgIpc) is 2.53. The van der Waals surface area contributed by atoms with E-state index in [0.29, 0.717) is 6.42 Å². The van der Waals surface area contributed by atoms with E-state index in [-0.39, 0.29) is 10.8 Å². The monoisotopic (exact) mass is 340 g/mol. The lowest BCUT2D eigenvalue weighted by Gasteiger charge is -2.22. The Morgan fingerprint density at radius 1 is 0.600 bits per heavy atom. The van der Waals surface area contributed by atoms with Crippen LogP contribution in [0.25, 0.3) is 0 Å². The molecule has 0 bridgehead atoms. The zero-order chi connectivity index (χ0) is 18.8. The van der Waals surface area contributed by atoms with Crippen LogP contribution in [0.1, 0.15) is 82.4 Å². The molecule has 2 aromatic carbocycles. The molecule has 0 saturated heterocycles. The highest BCUT2D eigenvalue weighted by Crippen LogP contribution is 2.30. The molecule has 0 aliphatic carbocycles. The minimum absolute atomic E-state index is 0.0950. The molecule has 2 rings (SSSR count). The molecule has 0 radical (unpaired) electrons. The van der Waals surface area contributed by atoms with Crippen LogP contribution in [0.4, 0.5) is 0 Å². The van der Waals surface area contributed by atoms with Gasteiger partial charge in [-0.15, -0.1) is 0 Å². The molecular formula is C23H32O2. The maximum absolute atomic E-state index is 10.5. The Bertz CT molecular complexity index is 609. The fourth-order valence-corrected chi connectivity index (χ4v) is 2.89. The smallest absolute Gasteiger partial charge is 0.0818 e. The highest BCUT2D eigenvalue weighted by atomic mass is 16.3. The molecule has 2 aromatic rings. The van der Waals surface area contributed by atoms with Gasteiger partial charge in [0.05, 0.1) is 12.2 Å². The first kappa shape index (κ1) is 19.7. The standard InChI is InChI=1S/C23H32O2/c1-22(2,3)18-11-7-16(8-12-18)20(24)15-21(25)17-9-13-19(14-10-17)23(4,5)6/h7-14,20-21,24-25H,15H2,1-6H3/t20-,21-/m1/s1. The molecule has 0 amide bonds. The number of benzene rings is 2. The van der Waals surface area contributed by atoms with Crippen LogP contribution in [0.5, 0.6) is 0 Å². The van der Waals surface area contributed by atoms with Crippen LogP contribution < -0.4 is 0 Å². The molecule has 0 spiro atoms. The molecule has 2 N–H and O–H groups in total. The molecule has 0 unspecified atom stereocenters. The van der Waals surface area contributed by atoms with Crippen molar-refractivity contribution in [2.24, 2.45) is 0 Å². The van der Waals surface area contributed by atoms with E-state index < -0.39 is 12.2 Å². The van der Waals surface area contributed by atoms with E-state index in [9.17, 15) is 10.2 Å². The van der Waals surface area contributed by atoms with Gasteiger partial charge in [0.2, 0.25) is 0 Å². The maximum atomic E-state index is 10.5. The Kier molecular flexibility index (Phi) is 5.75. The number of aliphatic hydroxyl groups is 2. The normalized spacial score (nSPS) is 15.0. The van der Waals surface area contributed by atoms with Gasteiger partial charge < -0.3 is 10.2 Å². The van der Waals surface area contributed by atoms with Gasteiger partial charge in [-0.05, 0) is 33.1 Å². The summed E-state index contributed by atoms with van der Waals surface area (Å²) in [6.07, 6.45) is -1.05. The predicted octanol–water partition coefficient (Wildman–Crippen LogP) is 5.44. The number of hydrogen-bond donors (Lipinski definition) is 2. The number of rotatable bonds is 4. The summed E-state index contributed by atoms with van der Waals surface area (Å²) in [5, 5.41) is 20.9. The summed E-state index contributed by atoms with van der Waals surface area (Å²) >= 11 is 0. The Hall–Kier alpha value is -1.64. The Morgan fingerprint density at radius 3 is 1.12 bits per heavy atom. The molecule has 0 heterocycles. The summed E-state index contributed by atoms with van der Waals surface area (Å²) in [4.78, 5) is 0. The molecule has 2 nitrogen and oxygen atoms in total. The van der Waals surface area contributed by atoms with Gasteiger partial charge in [0, 0.05) is 6.42 Å². The topological polar surface area (TPSA) is 40.5 Å². The van der Waals surface area contributed by atoms with Gasteiger partial charge in [0.15, 0.2) is 0 Å². The first-order valence-corrected chi connectivity index (χ1v) is 9.05. The van der Waals surface area contributed by atoms with Crippen molar-refractivity contribution in [1.82, 2.24) is 0 Å². The fraction of sp³-hybridized carbons (Fsp3) is 0.478. The predicted molar refractivity (Wildman–Crippen MR) is 105 cm³/mol. The van der Waals surface area contributed by atoms with E-state index in [0.717, 1.165) is 11.1 Å². The number of hydrogen-bond acceptors (Lipinski definition) is 2. The molecule has 2 atom stereocenters. The Balaban J connectivity index is 2.05. The van der Waals surface area contributed by atoms with Crippen molar-refractivity contribution in [3.63, 3.8) is 0 Å². The molecule has 136 valence electrons. The summed E-state index contributed by atoms with van der Waals surface area (Å²) in [6, 6.07) is 16.1. The quantitative estimate of drug-likeness (QED) is 0.778. The lowest BCUT2D eigenvalue weighted by atomic mass is 9.85. The van der Waals surface area contributed by atoms with E-state index in [1.807, 2.05) is 24.3 Å². The molecule has 0 aromatic heterocycles. The van der Waals surface area contributed by atoms with Crippen LogP contribution in [0.15, 0.2) is 48.5 Å². The molecule has 0 saturated carbocycles. The van der Waals surface area contributed by atoms with Gasteiger partial charge >= 0.3 is 0 Å². The van der Waals surface area contributed by atoms with Gasteiger partial charge in [-0.2, -0.15) is 0 Å². The minimum Gasteiger partial charge on any atom is -0.388 e. The van der Waals surface area contributed by atoms with Crippen LogP contribution in [0.3, 0.4) is 0 Å². The van der Waals surface area contributed by atoms with Gasteiger partial charge in [0.25, 0.3) is 0 Å². The van der Waals surface area contributed by atoms with Gasteiger partial charge in [-0.3, -0.25) is 0 Å². The third-order valence-electron chi connectivity index (χ3n) is 4.77. The summed E-state index contributed by atoms with van der Waals surface area (Å²) in [5.41, 5.74) is 4.36. The first-order chi connectivity index (χ1) is 11.5. The second kappa shape index (κ2) is 7.31. The maximum Gasteiger partial charge on any atom is 0.0818 e. The van der Waals surface area contributed by atoms with E-state index in [1.54, 1.807) is 0 Å². The zero-order valence-corrected chi connectivity index (χ0v) is 16.4. The zero-order valence-electron chi connectivity index (χ0n) is 16.4.